The second-order valence-electron chi connectivity index (χ2n) is 7.83. The van der Waals surface area contributed by atoms with Crippen molar-refractivity contribution in [1.82, 2.24) is 19.9 Å². The number of hydrogen-bond donors (Lipinski definition) is 2. The van der Waals surface area contributed by atoms with Crippen LogP contribution in [-0.2, 0) is 5.41 Å². The lowest BCUT2D eigenvalue weighted by Gasteiger charge is -2.21. The van der Waals surface area contributed by atoms with E-state index in [0.717, 1.165) is 22.8 Å². The van der Waals surface area contributed by atoms with Gasteiger partial charge in [-0.15, -0.1) is 0 Å². The average Bonchev–Trinajstić information content (AvgIpc) is 3.42. The molecule has 10 heteroatoms. The van der Waals surface area contributed by atoms with Crippen molar-refractivity contribution in [1.29, 1.82) is 0 Å². The van der Waals surface area contributed by atoms with Gasteiger partial charge in [-0.2, -0.15) is 9.98 Å². The van der Waals surface area contributed by atoms with Crippen molar-refractivity contribution >= 4 is 47.7 Å². The molecule has 10 nitrogen and oxygen atoms in total. The molecule has 2 N–H and O–H groups in total. The molecular weight excluding hydrogens is 356 g/mol. The van der Waals surface area contributed by atoms with Crippen LogP contribution in [0.5, 0.6) is 0 Å². The summed E-state index contributed by atoms with van der Waals surface area (Å²) in [4.78, 5) is 41.8. The van der Waals surface area contributed by atoms with Crippen LogP contribution >= 0.6 is 0 Å². The Morgan fingerprint density at radius 2 is 1.11 bits per heavy atom. The molecule has 0 aliphatic carbocycles. The van der Waals surface area contributed by atoms with Crippen molar-refractivity contribution in [2.75, 3.05) is 0 Å². The minimum Gasteiger partial charge on any atom is -0.325 e. The number of fused-ring (bicyclic) bond motifs is 6. The molecule has 0 saturated carbocycles. The van der Waals surface area contributed by atoms with Gasteiger partial charge in [0.05, 0.1) is 41.7 Å². The smallest absolute Gasteiger partial charge is 0.252 e. The summed E-state index contributed by atoms with van der Waals surface area (Å²) in [6.07, 6.45) is 6.92. The number of H-pyrrole nitrogens is 2. The molecule has 0 amide bonds. The van der Waals surface area contributed by atoms with E-state index in [1.54, 1.807) is 24.8 Å². The summed E-state index contributed by atoms with van der Waals surface area (Å²) in [7, 11) is 0. The summed E-state index contributed by atoms with van der Waals surface area (Å²) >= 11 is 0. The SMILES string of the molecule is CC1(C)C2=NC(=Nc3ncc([nH]3)C(C)(C)c3cnc([nH]3)N=C3N=CC1=N3)N=C2. The van der Waals surface area contributed by atoms with Crippen LogP contribution in [-0.4, -0.2) is 55.7 Å². The van der Waals surface area contributed by atoms with E-state index in [-0.39, 0.29) is 0 Å². The fourth-order valence-corrected chi connectivity index (χ4v) is 3.11. The Balaban J connectivity index is 1.70. The monoisotopic (exact) mass is 374 g/mol. The number of hydrogen-bond acceptors (Lipinski definition) is 8. The number of aliphatic imine (C=N–C) groups is 6. The summed E-state index contributed by atoms with van der Waals surface area (Å²) in [5, 5.41) is 0. The highest BCUT2D eigenvalue weighted by molar-refractivity contribution is 6.52. The molecule has 8 bridgehead atoms. The highest BCUT2D eigenvalue weighted by atomic mass is 15.2. The largest absolute Gasteiger partial charge is 0.325 e. The van der Waals surface area contributed by atoms with Crippen LogP contribution in [0, 0.1) is 5.41 Å². The molecule has 3 aliphatic heterocycles. The molecule has 0 aromatic carbocycles. The minimum absolute atomic E-state index is 0.349. The number of nitrogens with zero attached hydrogens (tertiary/aromatic N) is 8. The molecule has 2 aromatic rings. The summed E-state index contributed by atoms with van der Waals surface area (Å²) < 4.78 is 0. The summed E-state index contributed by atoms with van der Waals surface area (Å²) in [6.45, 7) is 8.13. The maximum absolute atomic E-state index is 4.55. The van der Waals surface area contributed by atoms with Crippen molar-refractivity contribution in [2.24, 2.45) is 35.4 Å². The Bertz CT molecular complexity index is 1070. The lowest BCUT2D eigenvalue weighted by atomic mass is 9.83. The molecule has 5 rings (SSSR count). The zero-order valence-electron chi connectivity index (χ0n) is 15.9. The second-order valence-corrected chi connectivity index (χ2v) is 7.83. The zero-order valence-corrected chi connectivity index (χ0v) is 15.9. The number of guanidine groups is 2. The van der Waals surface area contributed by atoms with Crippen molar-refractivity contribution in [2.45, 2.75) is 33.1 Å². The van der Waals surface area contributed by atoms with Crippen LogP contribution in [0.25, 0.3) is 0 Å². The van der Waals surface area contributed by atoms with Crippen LogP contribution in [0.15, 0.2) is 42.3 Å². The van der Waals surface area contributed by atoms with Gasteiger partial charge >= 0.3 is 0 Å². The molecule has 0 unspecified atom stereocenters. The van der Waals surface area contributed by atoms with Crippen molar-refractivity contribution < 1.29 is 0 Å². The van der Waals surface area contributed by atoms with Crippen LogP contribution in [0.2, 0.25) is 0 Å². The first-order chi connectivity index (χ1) is 13.3. The Morgan fingerprint density at radius 3 is 1.57 bits per heavy atom. The van der Waals surface area contributed by atoms with E-state index >= 15 is 0 Å². The van der Waals surface area contributed by atoms with Crippen molar-refractivity contribution in [3.63, 3.8) is 0 Å². The molecule has 2 aromatic heterocycles. The molecule has 140 valence electrons. The fraction of sp³-hybridized carbons (Fsp3) is 0.333. The van der Waals surface area contributed by atoms with Crippen LogP contribution < -0.4 is 0 Å². The maximum atomic E-state index is 4.55. The van der Waals surface area contributed by atoms with Crippen LogP contribution in [0.1, 0.15) is 39.1 Å². The standard InChI is InChI=1S/C18H18N10/c1-17(2)9-5-19-13(23-9)27-15-21-7-11(25-15)18(3,4)12-8-22-16(26-12)28-14-20-6-10(17)24-14/h5-8H,1-4H3,(H,19,23)(H,20,24). The molecular formula is C18H18N10. The summed E-state index contributed by atoms with van der Waals surface area (Å²) in [5.74, 6) is 1.60. The predicted octanol–water partition coefficient (Wildman–Crippen LogP) is 2.52. The zero-order chi connectivity index (χ0) is 19.5. The predicted molar refractivity (Wildman–Crippen MR) is 109 cm³/mol. The first kappa shape index (κ1) is 16.6. The Hall–Kier alpha value is -3.56. The Labute approximate surface area is 160 Å². The highest BCUT2D eigenvalue weighted by Crippen LogP contribution is 2.31. The molecule has 5 heterocycles. The van der Waals surface area contributed by atoms with Crippen molar-refractivity contribution in [3.05, 3.63) is 23.8 Å². The summed E-state index contributed by atoms with van der Waals surface area (Å²) in [5.41, 5.74) is 2.36. The third kappa shape index (κ3) is 2.48. The molecule has 28 heavy (non-hydrogen) atoms. The van der Waals surface area contributed by atoms with Gasteiger partial charge in [-0.25, -0.2) is 29.9 Å². The maximum Gasteiger partial charge on any atom is 0.252 e. The molecule has 3 aliphatic rings. The minimum atomic E-state index is -0.497. The van der Waals surface area contributed by atoms with Crippen LogP contribution in [0.4, 0.5) is 11.9 Å². The van der Waals surface area contributed by atoms with Gasteiger partial charge in [-0.05, 0) is 27.7 Å². The molecule has 0 spiro atoms. The molecule has 0 radical (unpaired) electrons. The van der Waals surface area contributed by atoms with E-state index in [4.69, 9.17) is 0 Å². The topological polar surface area (TPSA) is 132 Å². The van der Waals surface area contributed by atoms with E-state index < -0.39 is 10.8 Å². The van der Waals surface area contributed by atoms with Gasteiger partial charge in [0.15, 0.2) is 0 Å². The number of aromatic nitrogens is 4. The number of nitrogens with one attached hydrogen (secondary N) is 2. The fourth-order valence-electron chi connectivity index (χ4n) is 3.11. The van der Waals surface area contributed by atoms with E-state index in [2.05, 4.69) is 63.7 Å². The van der Waals surface area contributed by atoms with Gasteiger partial charge in [-0.3, -0.25) is 0 Å². The summed E-state index contributed by atoms with van der Waals surface area (Å²) in [6, 6.07) is 0. The van der Waals surface area contributed by atoms with Gasteiger partial charge in [0.25, 0.3) is 11.9 Å². The normalized spacial score (nSPS) is 21.3. The van der Waals surface area contributed by atoms with Crippen molar-refractivity contribution in [3.8, 4) is 0 Å². The number of aromatic amines is 2. The molecule has 0 saturated heterocycles. The first-order valence-corrected chi connectivity index (χ1v) is 8.87. The van der Waals surface area contributed by atoms with E-state index in [9.17, 15) is 0 Å². The van der Waals surface area contributed by atoms with Gasteiger partial charge in [0.1, 0.15) is 0 Å². The Kier molecular flexibility index (Phi) is 3.25. The van der Waals surface area contributed by atoms with Gasteiger partial charge in [0.2, 0.25) is 11.9 Å². The van der Waals surface area contributed by atoms with Crippen LogP contribution in [0.3, 0.4) is 0 Å². The number of imidazole rings is 2. The third-order valence-corrected chi connectivity index (χ3v) is 5.21. The lowest BCUT2D eigenvalue weighted by molar-refractivity contribution is 0.603. The van der Waals surface area contributed by atoms with E-state index in [0.29, 0.717) is 23.8 Å². The van der Waals surface area contributed by atoms with Gasteiger partial charge < -0.3 is 9.97 Å². The third-order valence-electron chi connectivity index (χ3n) is 5.21. The number of rotatable bonds is 0. The van der Waals surface area contributed by atoms with E-state index in [1.165, 1.54) is 0 Å². The van der Waals surface area contributed by atoms with Gasteiger partial charge in [-0.1, -0.05) is 0 Å². The molecule has 0 atom stereocenters. The highest BCUT2D eigenvalue weighted by Gasteiger charge is 2.34. The average molecular weight is 374 g/mol. The van der Waals surface area contributed by atoms with Gasteiger partial charge in [0, 0.05) is 16.8 Å². The first-order valence-electron chi connectivity index (χ1n) is 8.87. The quantitative estimate of drug-likeness (QED) is 0.733. The molecule has 0 fully saturated rings. The lowest BCUT2D eigenvalue weighted by Crippen LogP contribution is -2.34. The second kappa shape index (κ2) is 5.47. The Morgan fingerprint density at radius 1 is 0.643 bits per heavy atom. The van der Waals surface area contributed by atoms with E-state index in [1.807, 2.05) is 13.8 Å².